The minimum atomic E-state index is -3.40. The summed E-state index contributed by atoms with van der Waals surface area (Å²) in [5.74, 6) is 0. The van der Waals surface area contributed by atoms with Gasteiger partial charge in [-0.15, -0.1) is 0 Å². The third-order valence-electron chi connectivity index (χ3n) is 4.01. The van der Waals surface area contributed by atoms with Gasteiger partial charge in [-0.1, -0.05) is 15.9 Å². The Hall–Kier alpha value is 0.01000. The molecule has 5 nitrogen and oxygen atoms in total. The lowest BCUT2D eigenvalue weighted by Crippen LogP contribution is -2.63. The topological polar surface area (TPSA) is 52.7 Å². The summed E-state index contributed by atoms with van der Waals surface area (Å²) in [4.78, 5) is 2.71. The van der Waals surface area contributed by atoms with Gasteiger partial charge >= 0.3 is 0 Å². The van der Waals surface area contributed by atoms with Gasteiger partial charge < -0.3 is 5.32 Å². The zero-order valence-electron chi connectivity index (χ0n) is 11.4. The van der Waals surface area contributed by atoms with E-state index in [1.54, 1.807) is 22.5 Å². The van der Waals surface area contributed by atoms with Crippen molar-refractivity contribution in [2.45, 2.75) is 10.9 Å². The molecule has 1 N–H and O–H groups in total. The van der Waals surface area contributed by atoms with Gasteiger partial charge in [-0.25, -0.2) is 8.42 Å². The van der Waals surface area contributed by atoms with Gasteiger partial charge in [0.1, 0.15) is 0 Å². The zero-order valence-corrected chi connectivity index (χ0v) is 15.4. The molecule has 2 aliphatic rings. The molecule has 0 amide bonds. The highest BCUT2D eigenvalue weighted by Crippen LogP contribution is 2.31. The van der Waals surface area contributed by atoms with Crippen LogP contribution < -0.4 is 5.32 Å². The Bertz CT molecular complexity index is 626. The molecule has 0 unspecified atom stereocenters. The fourth-order valence-corrected chi connectivity index (χ4v) is 5.94. The maximum Gasteiger partial charge on any atom is 0.244 e. The van der Waals surface area contributed by atoms with Gasteiger partial charge in [0.15, 0.2) is 0 Å². The van der Waals surface area contributed by atoms with Crippen LogP contribution in [0.5, 0.6) is 0 Å². The number of benzene rings is 1. The average Bonchev–Trinajstić information content (AvgIpc) is 2.37. The lowest BCUT2D eigenvalue weighted by Gasteiger charge is -2.45. The fraction of sp³-hybridized carbons (Fsp3) is 0.538. The Morgan fingerprint density at radius 1 is 1.14 bits per heavy atom. The molecule has 0 atom stereocenters. The lowest BCUT2D eigenvalue weighted by molar-refractivity contribution is 0.0773. The molecule has 0 radical (unpaired) electrons. The number of nitrogens with one attached hydrogen (secondary N) is 1. The van der Waals surface area contributed by atoms with Crippen LogP contribution in [0.2, 0.25) is 0 Å². The van der Waals surface area contributed by atoms with Gasteiger partial charge in [-0.2, -0.15) is 4.31 Å². The predicted octanol–water partition coefficient (Wildman–Crippen LogP) is 1.49. The molecule has 3 rings (SSSR count). The van der Waals surface area contributed by atoms with Crippen LogP contribution in [0, 0.1) is 0 Å². The number of rotatable bonds is 3. The first kappa shape index (κ1) is 15.9. The third kappa shape index (κ3) is 3.20. The molecule has 0 bridgehead atoms. The second kappa shape index (κ2) is 6.25. The quantitative estimate of drug-likeness (QED) is 0.776. The summed E-state index contributed by atoms with van der Waals surface area (Å²) in [6, 6.07) is 5.52. The Morgan fingerprint density at radius 2 is 1.81 bits per heavy atom. The van der Waals surface area contributed by atoms with E-state index in [4.69, 9.17) is 0 Å². The first-order valence-electron chi connectivity index (χ1n) is 6.88. The van der Waals surface area contributed by atoms with Crippen LogP contribution in [-0.2, 0) is 10.0 Å². The molecule has 116 valence electrons. The Balaban J connectivity index is 1.70. The highest BCUT2D eigenvalue weighted by molar-refractivity contribution is 9.11. The van der Waals surface area contributed by atoms with Gasteiger partial charge in [-0.3, -0.25) is 4.90 Å². The molecule has 2 fully saturated rings. The number of halogens is 2. The standard InChI is InChI=1S/C13H17Br2N3O2S/c14-10-1-2-13(12(15)7-10)21(19,20)18-8-11(9-18)17-5-3-16-4-6-17/h1-2,7,11,16H,3-6,8-9H2. The fourth-order valence-electron chi connectivity index (χ4n) is 2.71. The largest absolute Gasteiger partial charge is 0.314 e. The van der Waals surface area contributed by atoms with Gasteiger partial charge in [0.05, 0.1) is 4.90 Å². The SMILES string of the molecule is O=S(=O)(c1ccc(Br)cc1Br)N1CC(N2CCNCC2)C1. The first-order chi connectivity index (χ1) is 9.98. The normalized spacial score (nSPS) is 22.2. The Kier molecular flexibility index (Phi) is 4.73. The van der Waals surface area contributed by atoms with Crippen LogP contribution >= 0.6 is 31.9 Å². The molecule has 0 aliphatic carbocycles. The summed E-state index contributed by atoms with van der Waals surface area (Å²) in [6.07, 6.45) is 0. The second-order valence-electron chi connectivity index (χ2n) is 5.34. The summed E-state index contributed by atoms with van der Waals surface area (Å²) >= 11 is 6.68. The van der Waals surface area contributed by atoms with Crippen LogP contribution in [0.3, 0.4) is 0 Å². The van der Waals surface area contributed by atoms with E-state index < -0.39 is 10.0 Å². The summed E-state index contributed by atoms with van der Waals surface area (Å²) in [6.45, 7) is 5.15. The van der Waals surface area contributed by atoms with Crippen molar-refractivity contribution >= 4 is 41.9 Å². The molecule has 0 saturated carbocycles. The smallest absolute Gasteiger partial charge is 0.244 e. The number of sulfonamides is 1. The van der Waals surface area contributed by atoms with Crippen LogP contribution in [0.25, 0.3) is 0 Å². The Morgan fingerprint density at radius 3 is 2.43 bits per heavy atom. The molecule has 2 saturated heterocycles. The monoisotopic (exact) mass is 437 g/mol. The van der Waals surface area contributed by atoms with E-state index in [1.165, 1.54) is 0 Å². The van der Waals surface area contributed by atoms with Gasteiger partial charge in [0.2, 0.25) is 10.0 Å². The van der Waals surface area contributed by atoms with Crippen LogP contribution in [0.15, 0.2) is 32.0 Å². The molecule has 0 aromatic heterocycles. The minimum absolute atomic E-state index is 0.337. The van der Waals surface area contributed by atoms with E-state index in [0.29, 0.717) is 28.5 Å². The summed E-state index contributed by atoms with van der Waals surface area (Å²) in [7, 11) is -3.40. The van der Waals surface area contributed by atoms with Gasteiger partial charge in [0.25, 0.3) is 0 Å². The van der Waals surface area contributed by atoms with Crippen molar-refractivity contribution in [1.29, 1.82) is 0 Å². The third-order valence-corrected chi connectivity index (χ3v) is 7.31. The molecule has 8 heteroatoms. The van der Waals surface area contributed by atoms with E-state index in [1.807, 2.05) is 0 Å². The van der Waals surface area contributed by atoms with Crippen molar-refractivity contribution in [1.82, 2.24) is 14.5 Å². The molecule has 2 aliphatic heterocycles. The number of hydrogen-bond acceptors (Lipinski definition) is 4. The lowest BCUT2D eigenvalue weighted by atomic mass is 10.1. The first-order valence-corrected chi connectivity index (χ1v) is 9.91. The minimum Gasteiger partial charge on any atom is -0.314 e. The summed E-state index contributed by atoms with van der Waals surface area (Å²) in [5.41, 5.74) is 0. The van der Waals surface area contributed by atoms with Crippen molar-refractivity contribution < 1.29 is 8.42 Å². The van der Waals surface area contributed by atoms with E-state index in [0.717, 1.165) is 30.7 Å². The molecular formula is C13H17Br2N3O2S. The van der Waals surface area contributed by atoms with Gasteiger partial charge in [0, 0.05) is 54.3 Å². The number of hydrogen-bond donors (Lipinski definition) is 1. The van der Waals surface area contributed by atoms with Crippen LogP contribution in [0.4, 0.5) is 0 Å². The van der Waals surface area contributed by atoms with Crippen molar-refractivity contribution in [2.75, 3.05) is 39.3 Å². The zero-order chi connectivity index (χ0) is 15.0. The van der Waals surface area contributed by atoms with Crippen molar-refractivity contribution in [2.24, 2.45) is 0 Å². The summed E-state index contributed by atoms with van der Waals surface area (Å²) in [5, 5.41) is 3.31. The highest BCUT2D eigenvalue weighted by Gasteiger charge is 2.40. The van der Waals surface area contributed by atoms with Gasteiger partial charge in [-0.05, 0) is 34.1 Å². The molecular weight excluding hydrogens is 422 g/mol. The molecule has 0 spiro atoms. The molecule has 2 heterocycles. The van der Waals surface area contributed by atoms with E-state index in [-0.39, 0.29) is 0 Å². The van der Waals surface area contributed by atoms with E-state index in [9.17, 15) is 8.42 Å². The van der Waals surface area contributed by atoms with Crippen molar-refractivity contribution in [3.05, 3.63) is 27.1 Å². The average molecular weight is 439 g/mol. The van der Waals surface area contributed by atoms with Crippen LogP contribution in [0.1, 0.15) is 0 Å². The number of piperazine rings is 1. The molecule has 1 aromatic carbocycles. The molecule has 1 aromatic rings. The number of nitrogens with zero attached hydrogens (tertiary/aromatic N) is 2. The van der Waals surface area contributed by atoms with E-state index >= 15 is 0 Å². The Labute approximate surface area is 142 Å². The van der Waals surface area contributed by atoms with Crippen LogP contribution in [-0.4, -0.2) is 62.9 Å². The van der Waals surface area contributed by atoms with Crippen molar-refractivity contribution in [3.63, 3.8) is 0 Å². The molecule has 21 heavy (non-hydrogen) atoms. The maximum atomic E-state index is 12.6. The predicted molar refractivity (Wildman–Crippen MR) is 88.8 cm³/mol. The highest BCUT2D eigenvalue weighted by atomic mass is 79.9. The maximum absolute atomic E-state index is 12.6. The second-order valence-corrected chi connectivity index (χ2v) is 9.01. The van der Waals surface area contributed by atoms with E-state index in [2.05, 4.69) is 42.1 Å². The van der Waals surface area contributed by atoms with Crippen molar-refractivity contribution in [3.8, 4) is 0 Å². The summed E-state index contributed by atoms with van der Waals surface area (Å²) < 4.78 is 28.3.